The van der Waals surface area contributed by atoms with Crippen LogP contribution in [-0.2, 0) is 4.74 Å². The van der Waals surface area contributed by atoms with E-state index in [1.54, 1.807) is 0 Å². The van der Waals surface area contributed by atoms with Crippen molar-refractivity contribution in [3.63, 3.8) is 0 Å². The number of nitrogens with zero attached hydrogens (tertiary/aromatic N) is 3. The number of hydrogen-bond donors (Lipinski definition) is 3. The van der Waals surface area contributed by atoms with Gasteiger partial charge in [-0.05, 0) is 6.92 Å². The van der Waals surface area contributed by atoms with Gasteiger partial charge in [-0.3, -0.25) is 10.1 Å². The van der Waals surface area contributed by atoms with E-state index in [-0.39, 0.29) is 23.9 Å². The van der Waals surface area contributed by atoms with Crippen molar-refractivity contribution in [2.24, 2.45) is 0 Å². The largest absolute Gasteiger partial charge is 0.388 e. The van der Waals surface area contributed by atoms with E-state index in [0.717, 1.165) is 0 Å². The third-order valence-electron chi connectivity index (χ3n) is 3.36. The van der Waals surface area contributed by atoms with Gasteiger partial charge in [0, 0.05) is 39.1 Å². The molecule has 0 spiro atoms. The number of ether oxygens (including phenoxy) is 1. The zero-order valence-electron chi connectivity index (χ0n) is 11.8. The maximum atomic E-state index is 11.2. The Labute approximate surface area is 121 Å². The van der Waals surface area contributed by atoms with Gasteiger partial charge < -0.3 is 20.5 Å². The molecule has 9 heteroatoms. The molecule has 1 saturated heterocycles. The van der Waals surface area contributed by atoms with Gasteiger partial charge in [-0.15, -0.1) is 0 Å². The van der Waals surface area contributed by atoms with E-state index in [2.05, 4.69) is 20.6 Å². The first kappa shape index (κ1) is 15.4. The average Bonchev–Trinajstić information content (AvgIpc) is 2.46. The van der Waals surface area contributed by atoms with Crippen LogP contribution in [0.25, 0.3) is 0 Å². The van der Waals surface area contributed by atoms with Gasteiger partial charge in [-0.1, -0.05) is 0 Å². The molecule has 21 heavy (non-hydrogen) atoms. The molecule has 2 heterocycles. The Bertz CT molecular complexity index is 504. The van der Waals surface area contributed by atoms with Gasteiger partial charge in [-0.25, -0.2) is 9.97 Å². The van der Waals surface area contributed by atoms with E-state index in [9.17, 15) is 15.2 Å². The van der Waals surface area contributed by atoms with E-state index < -0.39 is 10.5 Å². The van der Waals surface area contributed by atoms with Crippen molar-refractivity contribution in [3.05, 3.63) is 16.4 Å². The number of aromatic nitrogens is 2. The molecule has 0 aromatic carbocycles. The molecule has 116 valence electrons. The van der Waals surface area contributed by atoms with E-state index in [0.29, 0.717) is 32.6 Å². The fraction of sp³-hybridized carbons (Fsp3) is 0.667. The molecule has 2 rings (SSSR count). The van der Waals surface area contributed by atoms with Crippen LogP contribution < -0.4 is 10.6 Å². The topological polar surface area (TPSA) is 122 Å². The summed E-state index contributed by atoms with van der Waals surface area (Å²) in [6.07, 6.45) is 2.22. The quantitative estimate of drug-likeness (QED) is 0.520. The Morgan fingerprint density at radius 1 is 1.38 bits per heavy atom. The van der Waals surface area contributed by atoms with Gasteiger partial charge in [0.1, 0.15) is 6.33 Å². The second kappa shape index (κ2) is 6.64. The molecule has 3 N–H and O–H groups in total. The number of nitrogens with one attached hydrogen (secondary N) is 2. The Balaban J connectivity index is 2.15. The van der Waals surface area contributed by atoms with Crippen LogP contribution in [0, 0.1) is 10.1 Å². The molecule has 0 unspecified atom stereocenters. The van der Waals surface area contributed by atoms with Crippen molar-refractivity contribution in [1.29, 1.82) is 0 Å². The SMILES string of the molecule is CCNc1ncnc(NCC2(O)CCOCC2)c1[N+](=O)[O-]. The van der Waals surface area contributed by atoms with Crippen LogP contribution in [0.3, 0.4) is 0 Å². The van der Waals surface area contributed by atoms with Crippen LogP contribution in [0.2, 0.25) is 0 Å². The maximum absolute atomic E-state index is 11.2. The van der Waals surface area contributed by atoms with Crippen LogP contribution in [0.4, 0.5) is 17.3 Å². The first-order valence-corrected chi connectivity index (χ1v) is 6.83. The summed E-state index contributed by atoms with van der Waals surface area (Å²) in [6.45, 7) is 3.47. The van der Waals surface area contributed by atoms with Crippen LogP contribution in [0.15, 0.2) is 6.33 Å². The first-order valence-electron chi connectivity index (χ1n) is 6.83. The maximum Gasteiger partial charge on any atom is 0.353 e. The van der Waals surface area contributed by atoms with Crippen molar-refractivity contribution in [2.75, 3.05) is 36.9 Å². The Morgan fingerprint density at radius 3 is 2.57 bits per heavy atom. The van der Waals surface area contributed by atoms with Crippen molar-refractivity contribution < 1.29 is 14.8 Å². The predicted molar refractivity (Wildman–Crippen MR) is 76.3 cm³/mol. The third-order valence-corrected chi connectivity index (χ3v) is 3.36. The molecule has 0 bridgehead atoms. The summed E-state index contributed by atoms with van der Waals surface area (Å²) in [6, 6.07) is 0. The molecule has 0 atom stereocenters. The Morgan fingerprint density at radius 2 is 2.00 bits per heavy atom. The number of nitro groups is 1. The summed E-state index contributed by atoms with van der Waals surface area (Å²) in [5, 5.41) is 27.3. The third kappa shape index (κ3) is 3.76. The van der Waals surface area contributed by atoms with E-state index in [1.165, 1.54) is 6.33 Å². The predicted octanol–water partition coefficient (Wildman–Crippen LogP) is 0.770. The molecule has 1 aliphatic heterocycles. The number of anilines is 2. The Hall–Kier alpha value is -2.00. The lowest BCUT2D eigenvalue weighted by Crippen LogP contribution is -2.42. The van der Waals surface area contributed by atoms with Gasteiger partial charge in [0.05, 0.1) is 10.5 Å². The van der Waals surface area contributed by atoms with Crippen LogP contribution in [0.1, 0.15) is 19.8 Å². The highest BCUT2D eigenvalue weighted by atomic mass is 16.6. The zero-order valence-corrected chi connectivity index (χ0v) is 11.8. The lowest BCUT2D eigenvalue weighted by Gasteiger charge is -2.32. The molecule has 1 aromatic heterocycles. The number of hydrogen-bond acceptors (Lipinski definition) is 8. The second-order valence-corrected chi connectivity index (χ2v) is 4.90. The summed E-state index contributed by atoms with van der Waals surface area (Å²) in [4.78, 5) is 18.5. The van der Waals surface area contributed by atoms with Crippen molar-refractivity contribution >= 4 is 17.3 Å². The van der Waals surface area contributed by atoms with Gasteiger partial charge in [0.15, 0.2) is 0 Å². The molecule has 1 aromatic rings. The van der Waals surface area contributed by atoms with Crippen molar-refractivity contribution in [1.82, 2.24) is 9.97 Å². The van der Waals surface area contributed by atoms with Gasteiger partial charge in [0.2, 0.25) is 11.6 Å². The van der Waals surface area contributed by atoms with Gasteiger partial charge in [-0.2, -0.15) is 0 Å². The number of rotatable bonds is 6. The monoisotopic (exact) mass is 297 g/mol. The zero-order chi connectivity index (χ0) is 15.3. The highest BCUT2D eigenvalue weighted by Gasteiger charge is 2.31. The molecule has 0 radical (unpaired) electrons. The second-order valence-electron chi connectivity index (χ2n) is 4.90. The summed E-state index contributed by atoms with van der Waals surface area (Å²) < 4.78 is 5.20. The fourth-order valence-corrected chi connectivity index (χ4v) is 2.15. The molecule has 1 fully saturated rings. The fourth-order valence-electron chi connectivity index (χ4n) is 2.15. The minimum Gasteiger partial charge on any atom is -0.388 e. The lowest BCUT2D eigenvalue weighted by atomic mass is 9.94. The van der Waals surface area contributed by atoms with E-state index in [1.807, 2.05) is 6.92 Å². The van der Waals surface area contributed by atoms with Crippen LogP contribution >= 0.6 is 0 Å². The molecule has 0 aliphatic carbocycles. The van der Waals surface area contributed by atoms with E-state index in [4.69, 9.17) is 4.74 Å². The minimum atomic E-state index is -0.935. The summed E-state index contributed by atoms with van der Waals surface area (Å²) in [5.41, 5.74) is -1.15. The highest BCUT2D eigenvalue weighted by Crippen LogP contribution is 2.30. The van der Waals surface area contributed by atoms with Crippen LogP contribution in [-0.4, -0.2) is 51.9 Å². The summed E-state index contributed by atoms with van der Waals surface area (Å²) in [7, 11) is 0. The molecular formula is C12H19N5O4. The first-order chi connectivity index (χ1) is 10.1. The normalized spacial score (nSPS) is 17.2. The summed E-state index contributed by atoms with van der Waals surface area (Å²) >= 11 is 0. The smallest absolute Gasteiger partial charge is 0.353 e. The van der Waals surface area contributed by atoms with Gasteiger partial charge in [0.25, 0.3) is 0 Å². The van der Waals surface area contributed by atoms with E-state index >= 15 is 0 Å². The molecular weight excluding hydrogens is 278 g/mol. The average molecular weight is 297 g/mol. The van der Waals surface area contributed by atoms with Gasteiger partial charge >= 0.3 is 5.69 Å². The van der Waals surface area contributed by atoms with Crippen LogP contribution in [0.5, 0.6) is 0 Å². The minimum absolute atomic E-state index is 0.103. The highest BCUT2D eigenvalue weighted by molar-refractivity contribution is 5.69. The molecule has 1 aliphatic rings. The lowest BCUT2D eigenvalue weighted by molar-refractivity contribution is -0.383. The van der Waals surface area contributed by atoms with Crippen molar-refractivity contribution in [2.45, 2.75) is 25.4 Å². The van der Waals surface area contributed by atoms with Crippen molar-refractivity contribution in [3.8, 4) is 0 Å². The Kier molecular flexibility index (Phi) is 4.86. The molecule has 9 nitrogen and oxygen atoms in total. The number of aliphatic hydroxyl groups is 1. The molecule has 0 amide bonds. The standard InChI is InChI=1S/C12H19N5O4/c1-2-13-10-9(17(19)20)11(16-8-15-10)14-7-12(18)3-5-21-6-4-12/h8,18H,2-7H2,1H3,(H2,13,14,15,16). The summed E-state index contributed by atoms with van der Waals surface area (Å²) in [5.74, 6) is 0.268. The molecule has 0 saturated carbocycles.